The number of halogens is 3. The van der Waals surface area contributed by atoms with Crippen LogP contribution in [0.2, 0.25) is 0 Å². The van der Waals surface area contributed by atoms with E-state index in [-0.39, 0.29) is 11.7 Å². The average molecular weight is 433 g/mol. The fourth-order valence-electron chi connectivity index (χ4n) is 6.82. The van der Waals surface area contributed by atoms with Crippen molar-refractivity contribution < 1.29 is 13.2 Å². The molecule has 1 aromatic carbocycles. The number of rotatable bonds is 7. The Bertz CT molecular complexity index is 764. The van der Waals surface area contributed by atoms with Crippen molar-refractivity contribution in [3.05, 3.63) is 46.8 Å². The van der Waals surface area contributed by atoms with Crippen molar-refractivity contribution in [2.45, 2.75) is 103 Å². The molecule has 0 bridgehead atoms. The predicted molar refractivity (Wildman–Crippen MR) is 122 cm³/mol. The lowest BCUT2D eigenvalue weighted by Gasteiger charge is -2.42. The van der Waals surface area contributed by atoms with Crippen LogP contribution in [0.25, 0.3) is 0 Å². The van der Waals surface area contributed by atoms with Gasteiger partial charge in [-0.1, -0.05) is 45.1 Å². The summed E-state index contributed by atoms with van der Waals surface area (Å²) in [7, 11) is 0. The zero-order valence-corrected chi connectivity index (χ0v) is 19.2. The monoisotopic (exact) mass is 432 g/mol. The molecule has 2 saturated carbocycles. The second-order valence-electron chi connectivity index (χ2n) is 10.7. The first-order valence-electron chi connectivity index (χ1n) is 12.9. The largest absolute Gasteiger partial charge is 0.266 e. The zero-order valence-electron chi connectivity index (χ0n) is 19.2. The molecule has 172 valence electrons. The van der Waals surface area contributed by atoms with Crippen molar-refractivity contribution in [2.75, 3.05) is 0 Å². The van der Waals surface area contributed by atoms with Crippen LogP contribution in [0.15, 0.2) is 24.3 Å². The van der Waals surface area contributed by atoms with Gasteiger partial charge in [0.25, 0.3) is 6.08 Å². The molecule has 5 atom stereocenters. The van der Waals surface area contributed by atoms with Gasteiger partial charge in [-0.3, -0.25) is 0 Å². The predicted octanol–water partition coefficient (Wildman–Crippen LogP) is 8.98. The summed E-state index contributed by atoms with van der Waals surface area (Å²) >= 11 is 0. The van der Waals surface area contributed by atoms with Gasteiger partial charge in [0.15, 0.2) is 0 Å². The maximum atomic E-state index is 15.1. The van der Waals surface area contributed by atoms with E-state index in [1.807, 2.05) is 6.07 Å². The number of hydrogen-bond acceptors (Lipinski definition) is 0. The van der Waals surface area contributed by atoms with Crippen molar-refractivity contribution in [3.8, 4) is 0 Å². The average Bonchev–Trinajstić information content (AvgIpc) is 2.76. The van der Waals surface area contributed by atoms with Crippen LogP contribution in [0, 0.1) is 29.5 Å². The van der Waals surface area contributed by atoms with Crippen LogP contribution in [0.5, 0.6) is 0 Å². The third-order valence-corrected chi connectivity index (χ3v) is 8.58. The molecule has 0 radical (unpaired) electrons. The van der Waals surface area contributed by atoms with E-state index in [9.17, 15) is 8.78 Å². The van der Waals surface area contributed by atoms with Crippen LogP contribution in [0.3, 0.4) is 0 Å². The molecule has 3 aliphatic rings. The third-order valence-electron chi connectivity index (χ3n) is 8.58. The smallest absolute Gasteiger partial charge is 0.207 e. The third kappa shape index (κ3) is 5.76. The van der Waals surface area contributed by atoms with Gasteiger partial charge in [0.05, 0.1) is 0 Å². The normalized spacial score (nSPS) is 30.4. The highest BCUT2D eigenvalue weighted by Gasteiger charge is 2.36. The van der Waals surface area contributed by atoms with Crippen molar-refractivity contribution in [2.24, 2.45) is 23.7 Å². The Labute approximate surface area is 186 Å². The van der Waals surface area contributed by atoms with E-state index in [0.717, 1.165) is 56.9 Å². The molecule has 0 heterocycles. The minimum absolute atomic E-state index is 0.0279. The molecular weight excluding hydrogens is 393 g/mol. The first kappa shape index (κ1) is 22.9. The van der Waals surface area contributed by atoms with Crippen LogP contribution >= 0.6 is 0 Å². The standard InChI is InChI=1S/C28H39F3/c1-2-3-4-5-6-19-7-10-24-17-25(18-27(29)26(24)14-19)23-12-11-21-13-20(15-28(30)31)8-9-22(21)16-23/h15,17-23H,2-14,16H2,1H3. The molecule has 1 aromatic rings. The molecule has 0 N–H and O–H groups in total. The number of fused-ring (bicyclic) bond motifs is 2. The van der Waals surface area contributed by atoms with Crippen LogP contribution in [0.4, 0.5) is 13.2 Å². The summed E-state index contributed by atoms with van der Waals surface area (Å²) in [5.74, 6) is 2.37. The van der Waals surface area contributed by atoms with Gasteiger partial charge in [0.1, 0.15) is 5.82 Å². The molecule has 2 fully saturated rings. The first-order chi connectivity index (χ1) is 15.0. The quantitative estimate of drug-likeness (QED) is 0.377. The van der Waals surface area contributed by atoms with Gasteiger partial charge in [-0.05, 0) is 116 Å². The molecule has 3 heteroatoms. The van der Waals surface area contributed by atoms with Crippen LogP contribution in [-0.4, -0.2) is 0 Å². The van der Waals surface area contributed by atoms with E-state index in [1.54, 1.807) is 0 Å². The Kier molecular flexibility index (Phi) is 7.82. The summed E-state index contributed by atoms with van der Waals surface area (Å²) < 4.78 is 40.4. The van der Waals surface area contributed by atoms with Crippen LogP contribution in [0.1, 0.15) is 107 Å². The number of benzene rings is 1. The summed E-state index contributed by atoms with van der Waals surface area (Å²) in [6.07, 6.45) is 15.3. The molecule has 0 aromatic heterocycles. The van der Waals surface area contributed by atoms with Crippen molar-refractivity contribution in [3.63, 3.8) is 0 Å². The number of allylic oxidation sites excluding steroid dienone is 1. The second kappa shape index (κ2) is 10.6. The summed E-state index contributed by atoms with van der Waals surface area (Å²) in [5, 5.41) is 0. The Morgan fingerprint density at radius 2 is 1.77 bits per heavy atom. The number of hydrogen-bond donors (Lipinski definition) is 0. The molecule has 0 saturated heterocycles. The van der Waals surface area contributed by atoms with Gasteiger partial charge in [0.2, 0.25) is 0 Å². The topological polar surface area (TPSA) is 0 Å². The molecule has 0 amide bonds. The van der Waals surface area contributed by atoms with Gasteiger partial charge in [-0.2, -0.15) is 8.78 Å². The van der Waals surface area contributed by atoms with Crippen LogP contribution < -0.4 is 0 Å². The van der Waals surface area contributed by atoms with Gasteiger partial charge < -0.3 is 0 Å². The van der Waals surface area contributed by atoms with Crippen molar-refractivity contribution in [1.29, 1.82) is 0 Å². The number of unbranched alkanes of at least 4 members (excludes halogenated alkanes) is 3. The SMILES string of the molecule is CCCCCCC1CCc2cc(C3CCC4CC(C=C(F)F)CCC4C3)cc(F)c2C1. The van der Waals surface area contributed by atoms with Gasteiger partial charge in [0, 0.05) is 0 Å². The lowest BCUT2D eigenvalue weighted by molar-refractivity contribution is 0.132. The fraction of sp³-hybridized carbons (Fsp3) is 0.714. The highest BCUT2D eigenvalue weighted by atomic mass is 19.3. The molecule has 31 heavy (non-hydrogen) atoms. The maximum Gasteiger partial charge on any atom is 0.266 e. The summed E-state index contributed by atoms with van der Waals surface area (Å²) in [5.41, 5.74) is 3.45. The number of aryl methyl sites for hydroxylation is 1. The highest BCUT2D eigenvalue weighted by Crippen LogP contribution is 2.48. The van der Waals surface area contributed by atoms with E-state index < -0.39 is 6.08 Å². The lowest BCUT2D eigenvalue weighted by Crippen LogP contribution is -2.30. The molecule has 0 spiro atoms. The summed E-state index contributed by atoms with van der Waals surface area (Å²) in [6, 6.07) is 4.17. The molecule has 0 nitrogen and oxygen atoms in total. The van der Waals surface area contributed by atoms with Gasteiger partial charge in [-0.15, -0.1) is 0 Å². The fourth-order valence-corrected chi connectivity index (χ4v) is 6.82. The Balaban J connectivity index is 1.37. The molecule has 5 unspecified atom stereocenters. The van der Waals surface area contributed by atoms with Gasteiger partial charge in [-0.25, -0.2) is 4.39 Å². The van der Waals surface area contributed by atoms with E-state index in [2.05, 4.69) is 13.0 Å². The van der Waals surface area contributed by atoms with Crippen molar-refractivity contribution in [1.82, 2.24) is 0 Å². The maximum absolute atomic E-state index is 15.1. The molecule has 0 aliphatic heterocycles. The minimum Gasteiger partial charge on any atom is -0.207 e. The van der Waals surface area contributed by atoms with Crippen LogP contribution in [-0.2, 0) is 12.8 Å². The lowest BCUT2D eigenvalue weighted by atomic mass is 9.63. The Hall–Kier alpha value is -1.25. The first-order valence-corrected chi connectivity index (χ1v) is 12.9. The molecule has 3 aliphatic carbocycles. The zero-order chi connectivity index (χ0) is 21.8. The van der Waals surface area contributed by atoms with E-state index >= 15 is 4.39 Å². The van der Waals surface area contributed by atoms with E-state index in [1.165, 1.54) is 55.7 Å². The summed E-state index contributed by atoms with van der Waals surface area (Å²) in [4.78, 5) is 0. The minimum atomic E-state index is -1.52. The second-order valence-corrected chi connectivity index (χ2v) is 10.7. The molecule has 4 rings (SSSR count). The van der Waals surface area contributed by atoms with Crippen molar-refractivity contribution >= 4 is 0 Å². The van der Waals surface area contributed by atoms with E-state index in [4.69, 9.17) is 0 Å². The van der Waals surface area contributed by atoms with E-state index in [0.29, 0.717) is 23.7 Å². The summed E-state index contributed by atoms with van der Waals surface area (Å²) in [6.45, 7) is 2.24. The Morgan fingerprint density at radius 1 is 0.968 bits per heavy atom. The highest BCUT2D eigenvalue weighted by molar-refractivity contribution is 5.37. The van der Waals surface area contributed by atoms with Gasteiger partial charge >= 0.3 is 0 Å². The molecular formula is C28H39F3. The Morgan fingerprint density at radius 3 is 2.58 bits per heavy atom.